The number of hydrogen-bond donors (Lipinski definition) is 1. The highest BCUT2D eigenvalue weighted by Crippen LogP contribution is 2.37. The molecule has 0 aliphatic heterocycles. The minimum absolute atomic E-state index is 0.0346. The summed E-state index contributed by atoms with van der Waals surface area (Å²) in [4.78, 5) is 24.5. The quantitative estimate of drug-likeness (QED) is 0.179. The van der Waals surface area contributed by atoms with Crippen LogP contribution in [-0.2, 0) is 17.9 Å². The molecule has 1 aromatic heterocycles. The van der Waals surface area contributed by atoms with Crippen LogP contribution in [0.1, 0.15) is 40.2 Å². The van der Waals surface area contributed by atoms with Gasteiger partial charge >= 0.3 is 0 Å². The van der Waals surface area contributed by atoms with Gasteiger partial charge in [-0.05, 0) is 35.2 Å². The molecule has 0 saturated heterocycles. The zero-order valence-electron chi connectivity index (χ0n) is 21.2. The van der Waals surface area contributed by atoms with E-state index in [0.29, 0.717) is 13.1 Å². The molecule has 0 aliphatic rings. The van der Waals surface area contributed by atoms with Crippen LogP contribution in [-0.4, -0.2) is 15.4 Å². The summed E-state index contributed by atoms with van der Waals surface area (Å²) in [7, 11) is 0. The maximum Gasteiger partial charge on any atom is 0.270 e. The number of aryl methyl sites for hydroxylation is 1. The first-order chi connectivity index (χ1) is 18.5. The van der Waals surface area contributed by atoms with E-state index in [9.17, 15) is 14.9 Å². The minimum Gasteiger partial charge on any atom is -0.352 e. The Balaban J connectivity index is 1.56. The van der Waals surface area contributed by atoms with Gasteiger partial charge in [0.25, 0.3) is 5.69 Å². The van der Waals surface area contributed by atoms with Crippen molar-refractivity contribution in [3.63, 3.8) is 0 Å². The number of nitrogens with one attached hydrogen (secondary N) is 1. The third-order valence-electron chi connectivity index (χ3n) is 6.88. The number of nitrogens with zero attached hydrogens (tertiary/aromatic N) is 2. The molecular formula is C32H29N3O3. The van der Waals surface area contributed by atoms with Gasteiger partial charge in [-0.25, -0.2) is 0 Å². The zero-order chi connectivity index (χ0) is 26.5. The SMILES string of the molecule is Cc1ccc([C@@H](CC(=O)NCc2ccccc2)c2cn(Cc3ccccc3)c3ccc([N+](=O)[O-])cc23)cc1. The Morgan fingerprint density at radius 3 is 2.21 bits per heavy atom. The lowest BCUT2D eigenvalue weighted by molar-refractivity contribution is -0.384. The number of non-ortho nitro benzene ring substituents is 1. The average Bonchev–Trinajstić information content (AvgIpc) is 3.29. The molecule has 0 fully saturated rings. The van der Waals surface area contributed by atoms with Crippen molar-refractivity contribution in [3.05, 3.63) is 147 Å². The Labute approximate surface area is 221 Å². The number of aromatic nitrogens is 1. The molecule has 0 saturated carbocycles. The van der Waals surface area contributed by atoms with Gasteiger partial charge in [-0.2, -0.15) is 0 Å². The van der Waals surface area contributed by atoms with Gasteiger partial charge in [-0.1, -0.05) is 90.5 Å². The average molecular weight is 504 g/mol. The lowest BCUT2D eigenvalue weighted by Crippen LogP contribution is -2.25. The summed E-state index contributed by atoms with van der Waals surface area (Å²) >= 11 is 0. The summed E-state index contributed by atoms with van der Waals surface area (Å²) in [5.74, 6) is -0.346. The van der Waals surface area contributed by atoms with Crippen molar-refractivity contribution in [2.45, 2.75) is 32.4 Å². The van der Waals surface area contributed by atoms with Crippen molar-refractivity contribution in [2.75, 3.05) is 0 Å². The molecule has 0 unspecified atom stereocenters. The van der Waals surface area contributed by atoms with Gasteiger partial charge in [0.05, 0.1) is 4.92 Å². The molecule has 1 amide bonds. The van der Waals surface area contributed by atoms with E-state index in [-0.39, 0.29) is 28.9 Å². The normalized spacial score (nSPS) is 11.8. The summed E-state index contributed by atoms with van der Waals surface area (Å²) in [6, 6.07) is 33.1. The fraction of sp³-hybridized carbons (Fsp3) is 0.156. The van der Waals surface area contributed by atoms with Gasteiger partial charge in [0, 0.05) is 54.7 Å². The van der Waals surface area contributed by atoms with E-state index in [2.05, 4.69) is 28.2 Å². The third kappa shape index (κ3) is 5.65. The van der Waals surface area contributed by atoms with E-state index in [1.54, 1.807) is 12.1 Å². The van der Waals surface area contributed by atoms with Crippen molar-refractivity contribution in [3.8, 4) is 0 Å². The topological polar surface area (TPSA) is 77.2 Å². The summed E-state index contributed by atoms with van der Waals surface area (Å²) in [6.07, 6.45) is 2.28. The van der Waals surface area contributed by atoms with Crippen molar-refractivity contribution >= 4 is 22.5 Å². The number of rotatable bonds is 9. The molecule has 4 aromatic carbocycles. The van der Waals surface area contributed by atoms with Crippen LogP contribution in [0, 0.1) is 17.0 Å². The first-order valence-corrected chi connectivity index (χ1v) is 12.7. The smallest absolute Gasteiger partial charge is 0.270 e. The van der Waals surface area contributed by atoms with Crippen LogP contribution in [0.2, 0.25) is 0 Å². The maximum absolute atomic E-state index is 13.2. The summed E-state index contributed by atoms with van der Waals surface area (Å²) in [6.45, 7) is 3.10. The fourth-order valence-corrected chi connectivity index (χ4v) is 4.88. The summed E-state index contributed by atoms with van der Waals surface area (Å²) < 4.78 is 2.12. The highest BCUT2D eigenvalue weighted by molar-refractivity contribution is 5.88. The van der Waals surface area contributed by atoms with Crippen LogP contribution in [0.3, 0.4) is 0 Å². The van der Waals surface area contributed by atoms with Gasteiger partial charge in [-0.15, -0.1) is 0 Å². The highest BCUT2D eigenvalue weighted by Gasteiger charge is 2.24. The number of carbonyl (C=O) groups excluding carboxylic acids is 1. The lowest BCUT2D eigenvalue weighted by atomic mass is 9.87. The Morgan fingerprint density at radius 2 is 1.55 bits per heavy atom. The molecule has 6 nitrogen and oxygen atoms in total. The number of amides is 1. The van der Waals surface area contributed by atoms with E-state index in [0.717, 1.165) is 38.7 Å². The Bertz CT molecular complexity index is 1560. The molecule has 5 aromatic rings. The van der Waals surface area contributed by atoms with Crippen LogP contribution in [0.25, 0.3) is 10.9 Å². The number of nitro benzene ring substituents is 1. The Morgan fingerprint density at radius 1 is 0.895 bits per heavy atom. The van der Waals surface area contributed by atoms with Crippen molar-refractivity contribution in [1.29, 1.82) is 0 Å². The van der Waals surface area contributed by atoms with Gasteiger partial charge in [0.15, 0.2) is 0 Å². The number of fused-ring (bicyclic) bond motifs is 1. The van der Waals surface area contributed by atoms with Gasteiger partial charge in [0.2, 0.25) is 5.91 Å². The third-order valence-corrected chi connectivity index (χ3v) is 6.88. The molecular weight excluding hydrogens is 474 g/mol. The van der Waals surface area contributed by atoms with Crippen LogP contribution in [0.4, 0.5) is 5.69 Å². The predicted molar refractivity (Wildman–Crippen MR) is 150 cm³/mol. The fourth-order valence-electron chi connectivity index (χ4n) is 4.88. The second-order valence-electron chi connectivity index (χ2n) is 9.59. The molecule has 1 N–H and O–H groups in total. The van der Waals surface area contributed by atoms with Crippen molar-refractivity contribution < 1.29 is 9.72 Å². The van der Waals surface area contributed by atoms with Crippen LogP contribution < -0.4 is 5.32 Å². The number of benzene rings is 4. The monoisotopic (exact) mass is 503 g/mol. The van der Waals surface area contributed by atoms with Crippen LogP contribution in [0.15, 0.2) is 109 Å². The molecule has 190 valence electrons. The number of hydrogen-bond acceptors (Lipinski definition) is 3. The minimum atomic E-state index is -0.370. The van der Waals surface area contributed by atoms with E-state index >= 15 is 0 Å². The maximum atomic E-state index is 13.2. The predicted octanol–water partition coefficient (Wildman–Crippen LogP) is 6.74. The van der Waals surface area contributed by atoms with Gasteiger partial charge in [-0.3, -0.25) is 14.9 Å². The van der Waals surface area contributed by atoms with Crippen LogP contribution in [0.5, 0.6) is 0 Å². The van der Waals surface area contributed by atoms with E-state index in [1.807, 2.05) is 85.8 Å². The van der Waals surface area contributed by atoms with Gasteiger partial charge in [0.1, 0.15) is 0 Å². The molecule has 6 heteroatoms. The van der Waals surface area contributed by atoms with E-state index < -0.39 is 0 Å². The second-order valence-corrected chi connectivity index (χ2v) is 9.59. The Hall–Kier alpha value is -4.71. The lowest BCUT2D eigenvalue weighted by Gasteiger charge is -2.18. The van der Waals surface area contributed by atoms with Crippen LogP contribution >= 0.6 is 0 Å². The molecule has 1 atom stereocenters. The standard InChI is InChI=1S/C32H29N3O3/c1-23-12-14-26(15-13-23)28(19-32(36)33-20-24-8-4-2-5-9-24)30-22-34(21-25-10-6-3-7-11-25)31-17-16-27(35(37)38)18-29(30)31/h2-18,22,28H,19-21H2,1H3,(H,33,36)/t28-/m1/s1. The first kappa shape index (κ1) is 25.0. The molecule has 1 heterocycles. The molecule has 38 heavy (non-hydrogen) atoms. The zero-order valence-corrected chi connectivity index (χ0v) is 21.2. The molecule has 0 bridgehead atoms. The van der Waals surface area contributed by atoms with Crippen molar-refractivity contribution in [1.82, 2.24) is 9.88 Å². The largest absolute Gasteiger partial charge is 0.352 e. The summed E-state index contributed by atoms with van der Waals surface area (Å²) in [5, 5.41) is 15.5. The van der Waals surface area contributed by atoms with Gasteiger partial charge < -0.3 is 9.88 Å². The first-order valence-electron chi connectivity index (χ1n) is 12.7. The second kappa shape index (κ2) is 11.1. The molecule has 5 rings (SSSR count). The Kier molecular flexibility index (Phi) is 7.31. The number of carbonyl (C=O) groups is 1. The molecule has 0 spiro atoms. The number of nitro groups is 1. The highest BCUT2D eigenvalue weighted by atomic mass is 16.6. The van der Waals surface area contributed by atoms with E-state index in [4.69, 9.17) is 0 Å². The molecule has 0 radical (unpaired) electrons. The summed E-state index contributed by atoms with van der Waals surface area (Å²) in [5.41, 5.74) is 6.12. The van der Waals surface area contributed by atoms with E-state index in [1.165, 1.54) is 0 Å². The molecule has 0 aliphatic carbocycles. The van der Waals surface area contributed by atoms with Crippen molar-refractivity contribution in [2.24, 2.45) is 0 Å².